The second-order valence-electron chi connectivity index (χ2n) is 5.09. The summed E-state index contributed by atoms with van der Waals surface area (Å²) in [6.07, 6.45) is 0. The van der Waals surface area contributed by atoms with Crippen LogP contribution in [-0.2, 0) is 0 Å². The topological polar surface area (TPSA) is 0 Å². The summed E-state index contributed by atoms with van der Waals surface area (Å²) in [6, 6.07) is 24.0. The molecular weight excluding hydrogens is 252 g/mol. The Labute approximate surface area is 126 Å². The van der Waals surface area contributed by atoms with Crippen LogP contribution in [0.15, 0.2) is 66.7 Å². The summed E-state index contributed by atoms with van der Waals surface area (Å²) in [4.78, 5) is 0. The molecule has 0 saturated heterocycles. The first-order valence-corrected chi connectivity index (χ1v) is 7.65. The van der Waals surface area contributed by atoms with Gasteiger partial charge in [0.15, 0.2) is 0 Å². The third kappa shape index (κ3) is 2.08. The van der Waals surface area contributed by atoms with Crippen LogP contribution < -0.4 is 0 Å². The number of rotatable bonds is 0. The highest BCUT2D eigenvalue weighted by Crippen LogP contribution is 2.36. The fraction of sp³-hybridized carbons (Fsp3) is 0.143. The van der Waals surface area contributed by atoms with E-state index in [1.807, 2.05) is 13.8 Å². The molecule has 0 atom stereocenters. The average molecular weight is 272 g/mol. The lowest BCUT2D eigenvalue weighted by molar-refractivity contribution is 1.50. The van der Waals surface area contributed by atoms with E-state index in [-0.39, 0.29) is 0 Å². The van der Waals surface area contributed by atoms with Crippen molar-refractivity contribution < 1.29 is 0 Å². The van der Waals surface area contributed by atoms with Gasteiger partial charge in [-0.05, 0) is 44.8 Å². The summed E-state index contributed by atoms with van der Waals surface area (Å²) in [5, 5.41) is 8.14. The Bertz CT molecular complexity index is 872. The molecule has 0 unspecified atom stereocenters. The van der Waals surface area contributed by atoms with Gasteiger partial charge in [0.05, 0.1) is 0 Å². The molecular formula is C21H20. The van der Waals surface area contributed by atoms with Gasteiger partial charge in [0.25, 0.3) is 0 Å². The SMILES string of the molecule is CC.Cc1cccc2c3ccccc3c3ccccc3c12. The van der Waals surface area contributed by atoms with E-state index in [0.717, 1.165) is 0 Å². The molecule has 21 heavy (non-hydrogen) atoms. The Hall–Kier alpha value is -2.34. The fourth-order valence-electron chi connectivity index (χ4n) is 3.14. The van der Waals surface area contributed by atoms with E-state index in [4.69, 9.17) is 0 Å². The molecule has 104 valence electrons. The summed E-state index contributed by atoms with van der Waals surface area (Å²) in [5.41, 5.74) is 1.35. The van der Waals surface area contributed by atoms with E-state index >= 15 is 0 Å². The molecule has 4 aromatic carbocycles. The van der Waals surface area contributed by atoms with Crippen LogP contribution in [0, 0.1) is 6.92 Å². The molecule has 4 rings (SSSR count). The van der Waals surface area contributed by atoms with E-state index in [9.17, 15) is 0 Å². The minimum atomic E-state index is 1.34. The van der Waals surface area contributed by atoms with Gasteiger partial charge in [-0.15, -0.1) is 0 Å². The lowest BCUT2D eigenvalue weighted by Crippen LogP contribution is -1.85. The highest BCUT2D eigenvalue weighted by molar-refractivity contribution is 6.25. The zero-order valence-corrected chi connectivity index (χ0v) is 12.9. The first kappa shape index (κ1) is 13.6. The summed E-state index contributed by atoms with van der Waals surface area (Å²) in [5.74, 6) is 0. The lowest BCUT2D eigenvalue weighted by atomic mass is 9.92. The molecule has 0 bridgehead atoms. The van der Waals surface area contributed by atoms with Gasteiger partial charge in [0.2, 0.25) is 0 Å². The zero-order chi connectivity index (χ0) is 14.8. The van der Waals surface area contributed by atoms with E-state index in [1.54, 1.807) is 0 Å². The molecule has 0 aliphatic rings. The first-order valence-electron chi connectivity index (χ1n) is 7.65. The summed E-state index contributed by atoms with van der Waals surface area (Å²) >= 11 is 0. The predicted octanol–water partition coefficient (Wildman–Crippen LogP) is 6.48. The van der Waals surface area contributed by atoms with Gasteiger partial charge < -0.3 is 0 Å². The number of hydrogen-bond donors (Lipinski definition) is 0. The van der Waals surface area contributed by atoms with Crippen molar-refractivity contribution in [2.45, 2.75) is 20.8 Å². The van der Waals surface area contributed by atoms with E-state index < -0.39 is 0 Å². The van der Waals surface area contributed by atoms with Gasteiger partial charge >= 0.3 is 0 Å². The highest BCUT2D eigenvalue weighted by Gasteiger charge is 2.08. The quantitative estimate of drug-likeness (QED) is 0.321. The fourth-order valence-corrected chi connectivity index (χ4v) is 3.14. The van der Waals surface area contributed by atoms with Crippen molar-refractivity contribution >= 4 is 32.3 Å². The molecule has 0 aliphatic heterocycles. The molecule has 0 heterocycles. The normalized spacial score (nSPS) is 10.6. The average Bonchev–Trinajstić information content (AvgIpc) is 2.57. The summed E-state index contributed by atoms with van der Waals surface area (Å²) in [7, 11) is 0. The molecule has 0 nitrogen and oxygen atoms in total. The van der Waals surface area contributed by atoms with Crippen molar-refractivity contribution in [2.75, 3.05) is 0 Å². The van der Waals surface area contributed by atoms with Gasteiger partial charge in [0.1, 0.15) is 0 Å². The Morgan fingerprint density at radius 1 is 0.476 bits per heavy atom. The minimum Gasteiger partial charge on any atom is -0.0683 e. The number of fused-ring (bicyclic) bond motifs is 6. The van der Waals surface area contributed by atoms with Crippen molar-refractivity contribution in [2.24, 2.45) is 0 Å². The minimum absolute atomic E-state index is 1.34. The number of aryl methyl sites for hydroxylation is 1. The number of benzene rings is 4. The van der Waals surface area contributed by atoms with Gasteiger partial charge in [-0.25, -0.2) is 0 Å². The van der Waals surface area contributed by atoms with Crippen LogP contribution in [0.4, 0.5) is 0 Å². The molecule has 0 fully saturated rings. The Morgan fingerprint density at radius 2 is 0.857 bits per heavy atom. The van der Waals surface area contributed by atoms with Crippen LogP contribution in [0.3, 0.4) is 0 Å². The van der Waals surface area contributed by atoms with Crippen LogP contribution >= 0.6 is 0 Å². The molecule has 0 aromatic heterocycles. The van der Waals surface area contributed by atoms with Crippen molar-refractivity contribution in [3.8, 4) is 0 Å². The lowest BCUT2D eigenvalue weighted by Gasteiger charge is -2.11. The largest absolute Gasteiger partial charge is 0.0683 e. The van der Waals surface area contributed by atoms with Gasteiger partial charge in [-0.3, -0.25) is 0 Å². The predicted molar refractivity (Wildman–Crippen MR) is 95.0 cm³/mol. The van der Waals surface area contributed by atoms with Crippen LogP contribution in [0.5, 0.6) is 0 Å². The molecule has 0 aliphatic carbocycles. The van der Waals surface area contributed by atoms with Crippen molar-refractivity contribution in [1.82, 2.24) is 0 Å². The van der Waals surface area contributed by atoms with Gasteiger partial charge in [-0.1, -0.05) is 80.6 Å². The first-order chi connectivity index (χ1) is 10.4. The Balaban J connectivity index is 0.000000636. The second kappa shape index (κ2) is 5.57. The third-order valence-corrected chi connectivity index (χ3v) is 3.98. The van der Waals surface area contributed by atoms with Crippen molar-refractivity contribution in [1.29, 1.82) is 0 Å². The van der Waals surface area contributed by atoms with Gasteiger partial charge in [0, 0.05) is 0 Å². The monoisotopic (exact) mass is 272 g/mol. The molecule has 0 amide bonds. The van der Waals surface area contributed by atoms with Crippen LogP contribution in [-0.4, -0.2) is 0 Å². The van der Waals surface area contributed by atoms with Crippen LogP contribution in [0.1, 0.15) is 19.4 Å². The number of hydrogen-bond acceptors (Lipinski definition) is 0. The zero-order valence-electron chi connectivity index (χ0n) is 12.9. The molecule has 0 heteroatoms. The smallest absolute Gasteiger partial charge is 0.00697 e. The maximum atomic E-state index is 2.23. The van der Waals surface area contributed by atoms with E-state index in [1.165, 1.54) is 37.9 Å². The third-order valence-electron chi connectivity index (χ3n) is 3.98. The maximum Gasteiger partial charge on any atom is -0.00697 e. The molecule has 0 radical (unpaired) electrons. The molecule has 4 aromatic rings. The van der Waals surface area contributed by atoms with E-state index in [2.05, 4.69) is 73.7 Å². The highest BCUT2D eigenvalue weighted by atomic mass is 14.1. The van der Waals surface area contributed by atoms with Crippen LogP contribution in [0.2, 0.25) is 0 Å². The van der Waals surface area contributed by atoms with Crippen LogP contribution in [0.25, 0.3) is 32.3 Å². The second-order valence-corrected chi connectivity index (χ2v) is 5.09. The Kier molecular flexibility index (Phi) is 3.62. The molecule has 0 saturated carbocycles. The van der Waals surface area contributed by atoms with Crippen molar-refractivity contribution in [3.63, 3.8) is 0 Å². The van der Waals surface area contributed by atoms with E-state index in [0.29, 0.717) is 0 Å². The maximum absolute atomic E-state index is 2.23. The standard InChI is InChI=1S/C19H14.C2H6/c1-13-7-6-12-18-16-9-3-2-8-14(16)15-10-4-5-11-17(15)19(13)18;1-2/h2-12H,1H3;1-2H3. The Morgan fingerprint density at radius 3 is 1.38 bits per heavy atom. The molecule has 0 spiro atoms. The molecule has 0 N–H and O–H groups in total. The van der Waals surface area contributed by atoms with Crippen molar-refractivity contribution in [3.05, 3.63) is 72.3 Å². The van der Waals surface area contributed by atoms with Gasteiger partial charge in [-0.2, -0.15) is 0 Å². The summed E-state index contributed by atoms with van der Waals surface area (Å²) < 4.78 is 0. The summed E-state index contributed by atoms with van der Waals surface area (Å²) in [6.45, 7) is 6.20.